The van der Waals surface area contributed by atoms with Crippen LogP contribution in [-0.2, 0) is 16.1 Å². The summed E-state index contributed by atoms with van der Waals surface area (Å²) in [4.78, 5) is 49.6. The van der Waals surface area contributed by atoms with Crippen molar-refractivity contribution in [3.05, 3.63) is 63.7 Å². The van der Waals surface area contributed by atoms with Gasteiger partial charge in [-0.1, -0.05) is 12.1 Å². The van der Waals surface area contributed by atoms with E-state index in [1.54, 1.807) is 24.3 Å². The Bertz CT molecular complexity index is 1130. The van der Waals surface area contributed by atoms with Gasteiger partial charge >= 0.3 is 0 Å². The molecule has 2 aliphatic rings. The molecule has 0 aromatic heterocycles. The molecule has 0 bridgehead atoms. The van der Waals surface area contributed by atoms with E-state index in [4.69, 9.17) is 9.47 Å². The van der Waals surface area contributed by atoms with E-state index in [1.807, 2.05) is 0 Å². The van der Waals surface area contributed by atoms with Crippen molar-refractivity contribution in [2.75, 3.05) is 7.11 Å². The number of nitrogens with one attached hydrogen (secondary N) is 1. The topological polar surface area (TPSA) is 128 Å². The van der Waals surface area contributed by atoms with Crippen LogP contribution < -0.4 is 14.8 Å². The molecule has 1 saturated carbocycles. The number of imide groups is 1. The molecule has 1 saturated heterocycles. The number of ether oxygens (including phenoxy) is 2. The Morgan fingerprint density at radius 2 is 1.91 bits per heavy atom. The predicted octanol–water partition coefficient (Wildman–Crippen LogP) is 2.98. The number of carbonyl (C=O) groups excluding carboxylic acids is 3. The maximum atomic E-state index is 12.9. The zero-order valence-electron chi connectivity index (χ0n) is 18.7. The molecule has 1 aliphatic carbocycles. The highest BCUT2D eigenvalue weighted by atomic mass is 16.6. The van der Waals surface area contributed by atoms with Crippen LogP contribution in [-0.4, -0.2) is 46.8 Å². The van der Waals surface area contributed by atoms with Gasteiger partial charge < -0.3 is 14.8 Å². The molecule has 1 N–H and O–H groups in total. The van der Waals surface area contributed by atoms with Crippen molar-refractivity contribution in [1.82, 2.24) is 10.2 Å². The summed E-state index contributed by atoms with van der Waals surface area (Å²) in [5.41, 5.74) is 0.606. The Labute approximate surface area is 196 Å². The Kier molecular flexibility index (Phi) is 6.76. The van der Waals surface area contributed by atoms with Gasteiger partial charge in [0.2, 0.25) is 5.91 Å². The zero-order valence-corrected chi connectivity index (χ0v) is 18.7. The van der Waals surface area contributed by atoms with E-state index >= 15 is 0 Å². The minimum absolute atomic E-state index is 0.0728. The van der Waals surface area contributed by atoms with E-state index in [0.29, 0.717) is 17.1 Å². The summed E-state index contributed by atoms with van der Waals surface area (Å²) < 4.78 is 11.4. The van der Waals surface area contributed by atoms with Gasteiger partial charge in [0, 0.05) is 17.7 Å². The highest BCUT2D eigenvalue weighted by Crippen LogP contribution is 2.32. The smallest absolute Gasteiger partial charge is 0.269 e. The van der Waals surface area contributed by atoms with Gasteiger partial charge in [-0.2, -0.15) is 0 Å². The number of benzene rings is 2. The second kappa shape index (κ2) is 9.90. The Balaban J connectivity index is 1.44. The zero-order chi connectivity index (χ0) is 24.2. The van der Waals surface area contributed by atoms with Crippen LogP contribution in [0.15, 0.2) is 42.5 Å². The van der Waals surface area contributed by atoms with Crippen LogP contribution in [0.5, 0.6) is 11.5 Å². The predicted molar refractivity (Wildman–Crippen MR) is 120 cm³/mol. The van der Waals surface area contributed by atoms with E-state index in [-0.39, 0.29) is 30.3 Å². The van der Waals surface area contributed by atoms with Crippen molar-refractivity contribution in [2.45, 2.75) is 50.8 Å². The maximum absolute atomic E-state index is 12.9. The third kappa shape index (κ3) is 5.00. The van der Waals surface area contributed by atoms with Crippen LogP contribution in [0.1, 0.15) is 48.0 Å². The van der Waals surface area contributed by atoms with Gasteiger partial charge in [-0.15, -0.1) is 0 Å². The highest BCUT2D eigenvalue weighted by molar-refractivity contribution is 6.08. The first kappa shape index (κ1) is 23.2. The number of carbonyl (C=O) groups is 3. The second-order valence-electron chi connectivity index (χ2n) is 8.37. The quantitative estimate of drug-likeness (QED) is 0.359. The van der Waals surface area contributed by atoms with E-state index in [9.17, 15) is 24.5 Å². The molecule has 3 amide bonds. The summed E-state index contributed by atoms with van der Waals surface area (Å²) in [5, 5.41) is 13.6. The molecule has 0 spiro atoms. The monoisotopic (exact) mass is 467 g/mol. The fraction of sp³-hybridized carbons (Fsp3) is 0.375. The number of nitro benzene ring substituents is 1. The molecule has 2 fully saturated rings. The van der Waals surface area contributed by atoms with Gasteiger partial charge in [0.15, 0.2) is 11.5 Å². The lowest BCUT2D eigenvalue weighted by molar-refractivity contribution is -0.384. The summed E-state index contributed by atoms with van der Waals surface area (Å²) >= 11 is 0. The second-order valence-corrected chi connectivity index (χ2v) is 8.37. The van der Waals surface area contributed by atoms with Crippen LogP contribution in [0.3, 0.4) is 0 Å². The molecule has 4 rings (SSSR count). The fourth-order valence-electron chi connectivity index (χ4n) is 4.25. The van der Waals surface area contributed by atoms with Crippen molar-refractivity contribution in [3.8, 4) is 11.5 Å². The van der Waals surface area contributed by atoms with Gasteiger partial charge in [-0.3, -0.25) is 29.4 Å². The van der Waals surface area contributed by atoms with Crippen molar-refractivity contribution in [1.29, 1.82) is 0 Å². The van der Waals surface area contributed by atoms with Crippen LogP contribution >= 0.6 is 0 Å². The summed E-state index contributed by atoms with van der Waals surface area (Å²) in [7, 11) is 1.52. The Morgan fingerprint density at radius 1 is 1.15 bits per heavy atom. The van der Waals surface area contributed by atoms with Crippen LogP contribution in [0, 0.1) is 10.1 Å². The number of non-ortho nitro benzene ring substituents is 1. The average molecular weight is 467 g/mol. The molecule has 1 heterocycles. The van der Waals surface area contributed by atoms with Crippen molar-refractivity contribution in [2.24, 2.45) is 0 Å². The molecule has 2 aromatic carbocycles. The van der Waals surface area contributed by atoms with Gasteiger partial charge in [-0.05, 0) is 49.4 Å². The summed E-state index contributed by atoms with van der Waals surface area (Å²) in [5.74, 6) is -0.549. The van der Waals surface area contributed by atoms with Crippen LogP contribution in [0.4, 0.5) is 5.69 Å². The van der Waals surface area contributed by atoms with E-state index < -0.39 is 28.7 Å². The lowest BCUT2D eigenvalue weighted by Crippen LogP contribution is -2.41. The van der Waals surface area contributed by atoms with Gasteiger partial charge in [0.1, 0.15) is 6.04 Å². The number of hydrogen-bond acceptors (Lipinski definition) is 7. The van der Waals surface area contributed by atoms with Crippen LogP contribution in [0.2, 0.25) is 0 Å². The summed E-state index contributed by atoms with van der Waals surface area (Å²) in [6.45, 7) is -0.104. The van der Waals surface area contributed by atoms with Gasteiger partial charge in [0.05, 0.1) is 31.1 Å². The molecule has 10 nitrogen and oxygen atoms in total. The molecular weight excluding hydrogens is 442 g/mol. The molecule has 1 aliphatic heterocycles. The Morgan fingerprint density at radius 3 is 2.62 bits per heavy atom. The van der Waals surface area contributed by atoms with Gasteiger partial charge in [0.25, 0.3) is 17.5 Å². The van der Waals surface area contributed by atoms with Crippen molar-refractivity contribution in [3.63, 3.8) is 0 Å². The van der Waals surface area contributed by atoms with Gasteiger partial charge in [-0.25, -0.2) is 0 Å². The molecular formula is C24H25N3O7. The molecule has 0 radical (unpaired) electrons. The fourth-order valence-corrected chi connectivity index (χ4v) is 4.25. The third-order valence-electron chi connectivity index (χ3n) is 6.03. The number of methoxy groups -OCH3 is 1. The van der Waals surface area contributed by atoms with E-state index in [2.05, 4.69) is 5.32 Å². The first-order valence-electron chi connectivity index (χ1n) is 11.1. The van der Waals surface area contributed by atoms with E-state index in [0.717, 1.165) is 30.6 Å². The number of rotatable bonds is 8. The first-order valence-corrected chi connectivity index (χ1v) is 11.1. The Hall–Kier alpha value is -3.95. The molecule has 10 heteroatoms. The summed E-state index contributed by atoms with van der Waals surface area (Å²) in [6.07, 6.45) is 3.97. The number of nitro groups is 1. The lowest BCUT2D eigenvalue weighted by atomic mass is 10.1. The molecule has 0 unspecified atom stereocenters. The lowest BCUT2D eigenvalue weighted by Gasteiger charge is -2.18. The molecule has 178 valence electrons. The number of nitrogens with zero attached hydrogens (tertiary/aromatic N) is 2. The normalized spacial score (nSPS) is 18.3. The first-order chi connectivity index (χ1) is 16.4. The average Bonchev–Trinajstić information content (AvgIpc) is 3.43. The SMILES string of the molecule is COc1ccc(C(=O)N[C@H]2CC(=O)N(Cc3cccc([N+](=O)[O-])c3)C2=O)cc1OC1CCCC1. The summed E-state index contributed by atoms with van der Waals surface area (Å²) in [6, 6.07) is 9.51. The largest absolute Gasteiger partial charge is 0.493 e. The molecule has 34 heavy (non-hydrogen) atoms. The molecule has 1 atom stereocenters. The van der Waals surface area contributed by atoms with Crippen LogP contribution in [0.25, 0.3) is 0 Å². The number of amides is 3. The van der Waals surface area contributed by atoms with Crippen molar-refractivity contribution < 1.29 is 28.8 Å². The minimum Gasteiger partial charge on any atom is -0.493 e. The highest BCUT2D eigenvalue weighted by Gasteiger charge is 2.39. The number of likely N-dealkylation sites (tertiary alicyclic amines) is 1. The van der Waals surface area contributed by atoms with E-state index in [1.165, 1.54) is 25.3 Å². The maximum Gasteiger partial charge on any atom is 0.269 e. The molecule has 2 aromatic rings. The third-order valence-corrected chi connectivity index (χ3v) is 6.03. The minimum atomic E-state index is -1.01. The standard InChI is InChI=1S/C24H25N3O7/c1-33-20-10-9-16(12-21(20)34-18-7-2-3-8-18)23(29)25-19-13-22(28)26(24(19)30)14-15-5-4-6-17(11-15)27(31)32/h4-6,9-12,18-19H,2-3,7-8,13-14H2,1H3,(H,25,29)/t19-/m0/s1. The number of hydrogen-bond donors (Lipinski definition) is 1. The van der Waals surface area contributed by atoms with Crippen molar-refractivity contribution >= 4 is 23.4 Å².